The average Bonchev–Trinajstić information content (AvgIpc) is 3.91. The lowest BCUT2D eigenvalue weighted by Gasteiger charge is -2.19. The summed E-state index contributed by atoms with van der Waals surface area (Å²) in [5.74, 6) is 1.51. The fourth-order valence-corrected chi connectivity index (χ4v) is 5.54. The Morgan fingerprint density at radius 1 is 0.673 bits per heavy atom. The van der Waals surface area contributed by atoms with Crippen molar-refractivity contribution in [1.82, 2.24) is 29.9 Å². The van der Waals surface area contributed by atoms with Crippen LogP contribution in [-0.2, 0) is 4.74 Å². The predicted octanol–water partition coefficient (Wildman–Crippen LogP) is 9.86. The summed E-state index contributed by atoms with van der Waals surface area (Å²) in [7, 11) is 0. The molecule has 10 heteroatoms. The number of ether oxygens (including phenoxy) is 1. The third-order valence-corrected chi connectivity index (χ3v) is 7.72. The van der Waals surface area contributed by atoms with E-state index in [1.54, 1.807) is 10.8 Å². The molecule has 0 aliphatic carbocycles. The Bertz CT molecular complexity index is 2330. The van der Waals surface area contributed by atoms with Gasteiger partial charge in [-0.25, -0.2) is 4.79 Å². The molecule has 10 nitrogen and oxygen atoms in total. The summed E-state index contributed by atoms with van der Waals surface area (Å²) >= 11 is 0. The van der Waals surface area contributed by atoms with Gasteiger partial charge in [0.25, 0.3) is 0 Å². The second kappa shape index (κ2) is 13.3. The topological polar surface area (TPSA) is 128 Å². The van der Waals surface area contributed by atoms with Gasteiger partial charge in [-0.05, 0) is 57.2 Å². The number of hydrogen-bond acceptors (Lipinski definition) is 6. The van der Waals surface area contributed by atoms with E-state index in [2.05, 4.69) is 48.1 Å². The van der Waals surface area contributed by atoms with E-state index in [1.165, 1.54) is 5.39 Å². The number of fused-ring (bicyclic) bond motifs is 2. The molecule has 244 valence electrons. The first-order valence-electron chi connectivity index (χ1n) is 16.0. The molecule has 8 aromatic rings. The van der Waals surface area contributed by atoms with Crippen molar-refractivity contribution < 1.29 is 9.53 Å². The van der Waals surface area contributed by atoms with Crippen LogP contribution >= 0.6 is 0 Å². The standard InChI is InChI=1S/C22H22N4O2.C17H14N4/c1-22(2,3)28-21(27)26-14-17(16-11-7-8-12-19(16)26)18-13-20(25-24-18)23-15-9-5-4-6-10-15;1-2-6-12(7-3-1)19-17-10-16(20-21-17)14-11-18-15-9-5-4-8-13(14)15/h4-14H,1-3H3,(H2,23,24,25);1-11,18H,(H2,19,20,21). The monoisotopic (exact) mass is 648 g/mol. The average molecular weight is 649 g/mol. The molecule has 0 saturated carbocycles. The van der Waals surface area contributed by atoms with Crippen LogP contribution in [0, 0.1) is 0 Å². The normalized spacial score (nSPS) is 11.2. The van der Waals surface area contributed by atoms with Gasteiger partial charge in [0.1, 0.15) is 5.60 Å². The first-order valence-corrected chi connectivity index (χ1v) is 16.0. The molecule has 0 bridgehead atoms. The Kier molecular flexibility index (Phi) is 8.42. The smallest absolute Gasteiger partial charge is 0.419 e. The van der Waals surface area contributed by atoms with E-state index in [9.17, 15) is 4.79 Å². The third-order valence-electron chi connectivity index (χ3n) is 7.72. The minimum atomic E-state index is -0.566. The number of carbonyl (C=O) groups is 1. The summed E-state index contributed by atoms with van der Waals surface area (Å²) < 4.78 is 7.09. The molecule has 49 heavy (non-hydrogen) atoms. The summed E-state index contributed by atoms with van der Waals surface area (Å²) in [5, 5.41) is 23.5. The fraction of sp³-hybridized carbons (Fsp3) is 0.103. The van der Waals surface area contributed by atoms with Crippen molar-refractivity contribution in [3.63, 3.8) is 0 Å². The first kappa shape index (κ1) is 31.1. The van der Waals surface area contributed by atoms with Crippen LogP contribution in [0.15, 0.2) is 134 Å². The van der Waals surface area contributed by atoms with Gasteiger partial charge in [-0.2, -0.15) is 10.2 Å². The van der Waals surface area contributed by atoms with Crippen LogP contribution < -0.4 is 10.6 Å². The summed E-state index contributed by atoms with van der Waals surface area (Å²) in [6.45, 7) is 5.57. The predicted molar refractivity (Wildman–Crippen MR) is 196 cm³/mol. The highest BCUT2D eigenvalue weighted by atomic mass is 16.6. The largest absolute Gasteiger partial charge is 0.443 e. The van der Waals surface area contributed by atoms with E-state index in [0.29, 0.717) is 5.82 Å². The molecule has 0 saturated heterocycles. The van der Waals surface area contributed by atoms with Crippen LogP contribution in [0.4, 0.5) is 27.8 Å². The lowest BCUT2D eigenvalue weighted by atomic mass is 10.1. The van der Waals surface area contributed by atoms with Crippen LogP contribution in [0.2, 0.25) is 0 Å². The maximum absolute atomic E-state index is 12.7. The van der Waals surface area contributed by atoms with Crippen molar-refractivity contribution in [2.75, 3.05) is 10.6 Å². The van der Waals surface area contributed by atoms with Gasteiger partial charge in [0.15, 0.2) is 11.6 Å². The zero-order valence-electron chi connectivity index (χ0n) is 27.4. The zero-order chi connectivity index (χ0) is 33.8. The lowest BCUT2D eigenvalue weighted by Crippen LogP contribution is -2.26. The van der Waals surface area contributed by atoms with Crippen molar-refractivity contribution >= 4 is 50.9 Å². The lowest BCUT2D eigenvalue weighted by molar-refractivity contribution is 0.0544. The van der Waals surface area contributed by atoms with E-state index in [0.717, 1.165) is 56.1 Å². The van der Waals surface area contributed by atoms with Crippen LogP contribution in [0.1, 0.15) is 20.8 Å². The van der Waals surface area contributed by atoms with Gasteiger partial charge >= 0.3 is 6.09 Å². The van der Waals surface area contributed by atoms with Crippen LogP contribution in [0.5, 0.6) is 0 Å². The number of benzene rings is 4. The molecular weight excluding hydrogens is 612 g/mol. The quantitative estimate of drug-likeness (QED) is 0.122. The number of anilines is 4. The maximum Gasteiger partial charge on any atom is 0.419 e. The van der Waals surface area contributed by atoms with Gasteiger partial charge in [0.2, 0.25) is 0 Å². The number of rotatable bonds is 6. The molecular formula is C39H36N8O2. The second-order valence-electron chi connectivity index (χ2n) is 12.5. The number of hydrogen-bond donors (Lipinski definition) is 5. The van der Waals surface area contributed by atoms with E-state index < -0.39 is 11.7 Å². The van der Waals surface area contributed by atoms with Gasteiger partial charge in [0, 0.05) is 63.3 Å². The van der Waals surface area contributed by atoms with Crippen molar-refractivity contribution in [1.29, 1.82) is 0 Å². The summed E-state index contributed by atoms with van der Waals surface area (Å²) in [5.41, 5.74) is 7.14. The molecule has 4 heterocycles. The van der Waals surface area contributed by atoms with Gasteiger partial charge in [-0.1, -0.05) is 72.8 Å². The molecule has 5 N–H and O–H groups in total. The molecule has 0 amide bonds. The number of carbonyl (C=O) groups excluding carboxylic acids is 1. The Balaban J connectivity index is 0.000000160. The molecule has 0 fully saturated rings. The number of aromatic amines is 3. The van der Waals surface area contributed by atoms with Gasteiger partial charge in [-0.3, -0.25) is 14.8 Å². The molecule has 0 unspecified atom stereocenters. The third kappa shape index (κ3) is 7.08. The summed E-state index contributed by atoms with van der Waals surface area (Å²) in [4.78, 5) is 15.9. The highest BCUT2D eigenvalue weighted by molar-refractivity contribution is 6.00. The molecule has 0 aliphatic heterocycles. The minimum absolute atomic E-state index is 0.405. The zero-order valence-corrected chi connectivity index (χ0v) is 27.4. The van der Waals surface area contributed by atoms with Crippen molar-refractivity contribution in [2.24, 2.45) is 0 Å². The molecule has 8 rings (SSSR count). The Hall–Kier alpha value is -6.55. The number of nitrogens with one attached hydrogen (secondary N) is 5. The Labute approximate surface area is 283 Å². The minimum Gasteiger partial charge on any atom is -0.443 e. The van der Waals surface area contributed by atoms with E-state index in [-0.39, 0.29) is 0 Å². The number of nitrogens with zero attached hydrogens (tertiary/aromatic N) is 3. The molecule has 0 aliphatic rings. The fourth-order valence-electron chi connectivity index (χ4n) is 5.54. The SMILES string of the molecule is CC(C)(C)OC(=O)n1cc(-c2cc(Nc3ccccc3)n[nH]2)c2ccccc21.c1ccc(Nc2cc(-c3c[nH]c4ccccc34)[nH]n2)cc1. The first-order chi connectivity index (χ1) is 23.8. The van der Waals surface area contributed by atoms with Crippen LogP contribution in [-0.4, -0.2) is 41.6 Å². The maximum atomic E-state index is 12.7. The summed E-state index contributed by atoms with van der Waals surface area (Å²) in [6.07, 6.45) is 3.39. The van der Waals surface area contributed by atoms with E-state index >= 15 is 0 Å². The Morgan fingerprint density at radius 2 is 1.20 bits per heavy atom. The molecule has 0 radical (unpaired) electrons. The molecule has 4 aromatic carbocycles. The van der Waals surface area contributed by atoms with E-state index in [1.807, 2.05) is 136 Å². The summed E-state index contributed by atoms with van der Waals surface area (Å²) in [6, 6.07) is 39.8. The molecule has 0 atom stereocenters. The van der Waals surface area contributed by atoms with Gasteiger partial charge in [0.05, 0.1) is 16.9 Å². The molecule has 0 spiro atoms. The second-order valence-corrected chi connectivity index (χ2v) is 12.5. The number of H-pyrrole nitrogens is 3. The molecule has 4 aromatic heterocycles. The van der Waals surface area contributed by atoms with E-state index in [4.69, 9.17) is 4.74 Å². The Morgan fingerprint density at radius 3 is 1.82 bits per heavy atom. The van der Waals surface area contributed by atoms with Crippen molar-refractivity contribution in [2.45, 2.75) is 26.4 Å². The highest BCUT2D eigenvalue weighted by Crippen LogP contribution is 2.32. The van der Waals surface area contributed by atoms with Gasteiger partial charge in [-0.15, -0.1) is 0 Å². The van der Waals surface area contributed by atoms with Crippen LogP contribution in [0.3, 0.4) is 0 Å². The number of para-hydroxylation sites is 4. The van der Waals surface area contributed by atoms with Crippen molar-refractivity contribution in [3.8, 4) is 22.5 Å². The van der Waals surface area contributed by atoms with Gasteiger partial charge < -0.3 is 20.4 Å². The number of aromatic nitrogens is 6. The van der Waals surface area contributed by atoms with Crippen molar-refractivity contribution in [3.05, 3.63) is 134 Å². The highest BCUT2D eigenvalue weighted by Gasteiger charge is 2.21. The van der Waals surface area contributed by atoms with Crippen LogP contribution in [0.25, 0.3) is 44.3 Å².